The molecule has 4 nitrogen and oxygen atoms in total. The van der Waals surface area contributed by atoms with E-state index in [1.807, 2.05) is 23.9 Å². The largest absolute Gasteiger partial charge is 0.293 e. The Morgan fingerprint density at radius 1 is 1.24 bits per heavy atom. The third-order valence-electron chi connectivity index (χ3n) is 4.11. The van der Waals surface area contributed by atoms with E-state index in [0.717, 1.165) is 17.7 Å². The van der Waals surface area contributed by atoms with Gasteiger partial charge in [-0.05, 0) is 43.5 Å². The Labute approximate surface area is 157 Å². The second-order valence-electron chi connectivity index (χ2n) is 5.91. The predicted octanol–water partition coefficient (Wildman–Crippen LogP) is 4.44. The summed E-state index contributed by atoms with van der Waals surface area (Å²) >= 11 is 6.59. The lowest BCUT2D eigenvalue weighted by Crippen LogP contribution is -2.27. The molecule has 0 aliphatic carbocycles. The molecule has 1 fully saturated rings. The van der Waals surface area contributed by atoms with E-state index in [1.165, 1.54) is 30.2 Å². The van der Waals surface area contributed by atoms with Crippen LogP contribution in [0.25, 0.3) is 11.8 Å². The molecule has 0 bridgehead atoms. The van der Waals surface area contributed by atoms with Crippen LogP contribution in [0.1, 0.15) is 37.8 Å². The van der Waals surface area contributed by atoms with Crippen molar-refractivity contribution in [3.63, 3.8) is 0 Å². The van der Waals surface area contributed by atoms with Gasteiger partial charge in [0.05, 0.1) is 16.8 Å². The number of aromatic nitrogens is 2. The highest BCUT2D eigenvalue weighted by Gasteiger charge is 2.30. The number of amides is 1. The highest BCUT2D eigenvalue weighted by Crippen LogP contribution is 2.32. The van der Waals surface area contributed by atoms with E-state index in [0.29, 0.717) is 15.8 Å². The lowest BCUT2D eigenvalue weighted by atomic mass is 10.1. The van der Waals surface area contributed by atoms with Gasteiger partial charge in [0.15, 0.2) is 0 Å². The van der Waals surface area contributed by atoms with Crippen molar-refractivity contribution in [2.45, 2.75) is 33.1 Å². The van der Waals surface area contributed by atoms with Gasteiger partial charge in [-0.2, -0.15) is 5.10 Å². The van der Waals surface area contributed by atoms with Gasteiger partial charge >= 0.3 is 0 Å². The van der Waals surface area contributed by atoms with Gasteiger partial charge in [-0.25, -0.2) is 4.68 Å². The van der Waals surface area contributed by atoms with Crippen LogP contribution in [-0.4, -0.2) is 31.5 Å². The summed E-state index contributed by atoms with van der Waals surface area (Å²) in [5.74, 6) is -0.0227. The first-order chi connectivity index (χ1) is 12.1. The van der Waals surface area contributed by atoms with Gasteiger partial charge in [-0.1, -0.05) is 49.5 Å². The maximum atomic E-state index is 12.3. The number of likely N-dealkylation sites (N-methyl/N-ethyl adjacent to an activating group) is 1. The standard InChI is InChI=1S/C19H21N3OS2/c1-3-5-6-14-7-9-16(10-8-14)22-13-15(12-20-22)11-17-18(23)21(4-2)19(24)25-17/h7-13H,3-6H2,1-2H3/b17-11-. The molecular weight excluding hydrogens is 350 g/mol. The van der Waals surface area contributed by atoms with Crippen LogP contribution in [0.5, 0.6) is 0 Å². The van der Waals surface area contributed by atoms with Crippen molar-refractivity contribution in [2.75, 3.05) is 6.54 Å². The summed E-state index contributed by atoms with van der Waals surface area (Å²) in [7, 11) is 0. The van der Waals surface area contributed by atoms with Crippen LogP contribution in [-0.2, 0) is 11.2 Å². The number of carbonyl (C=O) groups excluding carboxylic acids is 1. The maximum absolute atomic E-state index is 12.3. The quantitative estimate of drug-likeness (QED) is 0.556. The van der Waals surface area contributed by atoms with Crippen LogP contribution in [0.15, 0.2) is 41.6 Å². The van der Waals surface area contributed by atoms with Gasteiger partial charge in [-0.3, -0.25) is 9.69 Å². The number of hydrogen-bond acceptors (Lipinski definition) is 4. The fourth-order valence-corrected chi connectivity index (χ4v) is 4.06. The molecule has 1 aliphatic heterocycles. The van der Waals surface area contributed by atoms with Crippen LogP contribution in [0.2, 0.25) is 0 Å². The van der Waals surface area contributed by atoms with Crippen LogP contribution in [0.4, 0.5) is 0 Å². The summed E-state index contributed by atoms with van der Waals surface area (Å²) in [5, 5.41) is 4.41. The molecule has 1 aromatic heterocycles. The van der Waals surface area contributed by atoms with E-state index in [9.17, 15) is 4.79 Å². The number of nitrogens with zero attached hydrogens (tertiary/aromatic N) is 3. The number of aryl methyl sites for hydroxylation is 1. The molecule has 1 saturated heterocycles. The average molecular weight is 372 g/mol. The maximum Gasteiger partial charge on any atom is 0.266 e. The molecule has 0 radical (unpaired) electrons. The molecule has 0 spiro atoms. The normalized spacial score (nSPS) is 16.2. The Hall–Kier alpha value is -1.92. The topological polar surface area (TPSA) is 38.1 Å². The molecule has 1 amide bonds. The fraction of sp³-hybridized carbons (Fsp3) is 0.316. The predicted molar refractivity (Wildman–Crippen MR) is 108 cm³/mol. The molecule has 2 heterocycles. The van der Waals surface area contributed by atoms with E-state index in [2.05, 4.69) is 36.3 Å². The van der Waals surface area contributed by atoms with Crippen molar-refractivity contribution >= 4 is 40.3 Å². The van der Waals surface area contributed by atoms with Gasteiger partial charge in [0.25, 0.3) is 5.91 Å². The molecule has 1 aliphatic rings. The molecule has 0 saturated carbocycles. The summed E-state index contributed by atoms with van der Waals surface area (Å²) < 4.78 is 2.45. The van der Waals surface area contributed by atoms with Crippen molar-refractivity contribution < 1.29 is 4.79 Å². The minimum absolute atomic E-state index is 0.0227. The molecule has 130 valence electrons. The first-order valence-corrected chi connectivity index (χ1v) is 9.74. The van der Waals surface area contributed by atoms with E-state index in [4.69, 9.17) is 12.2 Å². The fourth-order valence-electron chi connectivity index (χ4n) is 2.67. The Kier molecular flexibility index (Phi) is 5.71. The zero-order valence-electron chi connectivity index (χ0n) is 14.4. The summed E-state index contributed by atoms with van der Waals surface area (Å²) in [6.07, 6.45) is 9.08. The van der Waals surface area contributed by atoms with Crippen molar-refractivity contribution in [3.8, 4) is 5.69 Å². The summed E-state index contributed by atoms with van der Waals surface area (Å²) in [6.45, 7) is 4.73. The second-order valence-corrected chi connectivity index (χ2v) is 7.59. The van der Waals surface area contributed by atoms with Crippen molar-refractivity contribution in [3.05, 3.63) is 52.7 Å². The van der Waals surface area contributed by atoms with Crippen LogP contribution >= 0.6 is 24.0 Å². The molecule has 3 rings (SSSR count). The molecule has 0 N–H and O–H groups in total. The SMILES string of the molecule is CCCCc1ccc(-n2cc(/C=C3\SC(=S)N(CC)C3=O)cn2)cc1. The minimum atomic E-state index is -0.0227. The lowest BCUT2D eigenvalue weighted by Gasteiger charge is -2.09. The minimum Gasteiger partial charge on any atom is -0.293 e. The summed E-state index contributed by atoms with van der Waals surface area (Å²) in [6, 6.07) is 8.47. The van der Waals surface area contributed by atoms with Crippen molar-refractivity contribution in [1.82, 2.24) is 14.7 Å². The molecule has 25 heavy (non-hydrogen) atoms. The van der Waals surface area contributed by atoms with Crippen molar-refractivity contribution in [2.24, 2.45) is 0 Å². The second kappa shape index (κ2) is 7.97. The van der Waals surface area contributed by atoms with Gasteiger partial charge in [-0.15, -0.1) is 0 Å². The molecule has 0 unspecified atom stereocenters. The van der Waals surface area contributed by atoms with Crippen molar-refractivity contribution in [1.29, 1.82) is 0 Å². The number of rotatable bonds is 6. The zero-order valence-corrected chi connectivity index (χ0v) is 16.1. The molecule has 1 aromatic carbocycles. The van der Waals surface area contributed by atoms with Gasteiger partial charge < -0.3 is 0 Å². The Morgan fingerprint density at radius 2 is 2.00 bits per heavy atom. The highest BCUT2D eigenvalue weighted by molar-refractivity contribution is 8.26. The van der Waals surface area contributed by atoms with E-state index in [-0.39, 0.29) is 5.91 Å². The first kappa shape index (κ1) is 17.9. The number of unbranched alkanes of at least 4 members (excludes halogenated alkanes) is 1. The zero-order chi connectivity index (χ0) is 17.8. The van der Waals surface area contributed by atoms with Crippen LogP contribution in [0.3, 0.4) is 0 Å². The summed E-state index contributed by atoms with van der Waals surface area (Å²) in [5.41, 5.74) is 3.26. The third-order valence-corrected chi connectivity index (χ3v) is 5.49. The van der Waals surface area contributed by atoms with E-state index < -0.39 is 0 Å². The lowest BCUT2D eigenvalue weighted by molar-refractivity contribution is -0.121. The molecule has 2 aromatic rings. The van der Waals surface area contributed by atoms with Gasteiger partial charge in [0.1, 0.15) is 4.32 Å². The smallest absolute Gasteiger partial charge is 0.266 e. The molecular formula is C19H21N3OS2. The van der Waals surface area contributed by atoms with E-state index >= 15 is 0 Å². The Morgan fingerprint density at radius 3 is 2.64 bits per heavy atom. The van der Waals surface area contributed by atoms with Gasteiger partial charge in [0.2, 0.25) is 0 Å². The summed E-state index contributed by atoms with van der Waals surface area (Å²) in [4.78, 5) is 14.5. The molecule has 0 atom stereocenters. The number of benzene rings is 1. The third kappa shape index (κ3) is 4.02. The number of thiocarbonyl (C=S) groups is 1. The monoisotopic (exact) mass is 371 g/mol. The molecule has 6 heteroatoms. The van der Waals surface area contributed by atoms with Crippen LogP contribution in [0, 0.1) is 0 Å². The van der Waals surface area contributed by atoms with Gasteiger partial charge in [0, 0.05) is 18.3 Å². The Balaban J connectivity index is 1.75. The number of carbonyl (C=O) groups is 1. The average Bonchev–Trinajstić information content (AvgIpc) is 3.18. The Bertz CT molecular complexity index is 808. The number of hydrogen-bond donors (Lipinski definition) is 0. The highest BCUT2D eigenvalue weighted by atomic mass is 32.2. The first-order valence-electron chi connectivity index (χ1n) is 8.51. The van der Waals surface area contributed by atoms with E-state index in [1.54, 1.807) is 11.1 Å². The van der Waals surface area contributed by atoms with Crippen LogP contribution < -0.4 is 0 Å². The number of thioether (sulfide) groups is 1.